The van der Waals surface area contributed by atoms with Crippen molar-refractivity contribution in [1.82, 2.24) is 9.55 Å². The monoisotopic (exact) mass is 392 g/mol. The number of fused-ring (bicyclic) bond motifs is 2. The molecule has 0 amide bonds. The van der Waals surface area contributed by atoms with Crippen molar-refractivity contribution in [2.24, 2.45) is 0 Å². The Morgan fingerprint density at radius 1 is 1.36 bits per heavy atom. The standard InChI is InChI=1S/C16H10BrClN2OS/c17-14-6-9(8-22-14)5-10-3-4-20-15(10)19-13-7-11(18)1-2-12(13)16(20)21/h1-2,5-8H,3-4H2/b10-5+. The van der Waals surface area contributed by atoms with Crippen molar-refractivity contribution in [3.63, 3.8) is 0 Å². The molecule has 0 saturated heterocycles. The van der Waals surface area contributed by atoms with Gasteiger partial charge < -0.3 is 0 Å². The van der Waals surface area contributed by atoms with E-state index < -0.39 is 0 Å². The first-order valence-electron chi connectivity index (χ1n) is 6.77. The van der Waals surface area contributed by atoms with E-state index >= 15 is 0 Å². The maximum atomic E-state index is 12.6. The van der Waals surface area contributed by atoms with Crippen LogP contribution >= 0.6 is 38.9 Å². The zero-order chi connectivity index (χ0) is 15.3. The van der Waals surface area contributed by atoms with Gasteiger partial charge in [0.1, 0.15) is 5.82 Å². The van der Waals surface area contributed by atoms with E-state index in [1.54, 1.807) is 34.1 Å². The summed E-state index contributed by atoms with van der Waals surface area (Å²) in [6, 6.07) is 7.29. The lowest BCUT2D eigenvalue weighted by Crippen LogP contribution is -2.20. The lowest BCUT2D eigenvalue weighted by atomic mass is 10.1. The molecule has 1 aliphatic rings. The van der Waals surface area contributed by atoms with E-state index in [9.17, 15) is 4.79 Å². The third-order valence-corrected chi connectivity index (χ3v) is 5.50. The molecule has 0 atom stereocenters. The molecule has 0 aliphatic carbocycles. The van der Waals surface area contributed by atoms with E-state index in [2.05, 4.69) is 38.4 Å². The van der Waals surface area contributed by atoms with E-state index in [0.29, 0.717) is 22.5 Å². The Morgan fingerprint density at radius 2 is 2.23 bits per heavy atom. The SMILES string of the molecule is O=c1c2ccc(Cl)cc2nc2n1CC/C2=C\c1csc(Br)c1. The van der Waals surface area contributed by atoms with Crippen LogP contribution in [0.15, 0.2) is 38.2 Å². The van der Waals surface area contributed by atoms with Crippen LogP contribution in [0.4, 0.5) is 0 Å². The Kier molecular flexibility index (Phi) is 3.44. The van der Waals surface area contributed by atoms with Crippen LogP contribution in [0.25, 0.3) is 22.6 Å². The second kappa shape index (κ2) is 5.33. The summed E-state index contributed by atoms with van der Waals surface area (Å²) < 4.78 is 2.84. The molecule has 0 N–H and O–H groups in total. The summed E-state index contributed by atoms with van der Waals surface area (Å²) in [5.41, 5.74) is 2.87. The van der Waals surface area contributed by atoms with Crippen LogP contribution in [0.2, 0.25) is 5.02 Å². The number of thiophene rings is 1. The summed E-state index contributed by atoms with van der Waals surface area (Å²) in [5, 5.41) is 3.29. The number of hydrogen-bond donors (Lipinski definition) is 0. The van der Waals surface area contributed by atoms with Gasteiger partial charge >= 0.3 is 0 Å². The zero-order valence-corrected chi connectivity index (χ0v) is 14.5. The third kappa shape index (κ3) is 2.33. The van der Waals surface area contributed by atoms with Crippen molar-refractivity contribution in [2.75, 3.05) is 0 Å². The highest BCUT2D eigenvalue weighted by atomic mass is 79.9. The summed E-state index contributed by atoms with van der Waals surface area (Å²) >= 11 is 11.1. The average Bonchev–Trinajstić information content (AvgIpc) is 3.07. The van der Waals surface area contributed by atoms with Crippen LogP contribution in [0.1, 0.15) is 17.8 Å². The normalized spacial score (nSPS) is 15.6. The van der Waals surface area contributed by atoms with E-state index in [-0.39, 0.29) is 5.56 Å². The van der Waals surface area contributed by atoms with Crippen LogP contribution in [0, 0.1) is 0 Å². The van der Waals surface area contributed by atoms with E-state index in [0.717, 1.165) is 27.2 Å². The average molecular weight is 394 g/mol. The van der Waals surface area contributed by atoms with Crippen molar-refractivity contribution in [2.45, 2.75) is 13.0 Å². The summed E-state index contributed by atoms with van der Waals surface area (Å²) in [5.74, 6) is 0.752. The van der Waals surface area contributed by atoms with E-state index in [1.807, 2.05) is 0 Å². The first kappa shape index (κ1) is 14.2. The lowest BCUT2D eigenvalue weighted by molar-refractivity contribution is 0.725. The van der Waals surface area contributed by atoms with Gasteiger partial charge in [0.2, 0.25) is 0 Å². The fourth-order valence-electron chi connectivity index (χ4n) is 2.73. The second-order valence-electron chi connectivity index (χ2n) is 5.16. The molecule has 110 valence electrons. The largest absolute Gasteiger partial charge is 0.292 e. The van der Waals surface area contributed by atoms with Gasteiger partial charge in [0.15, 0.2) is 0 Å². The molecule has 3 nitrogen and oxygen atoms in total. The predicted octanol–water partition coefficient (Wildman–Crippen LogP) is 4.82. The molecule has 0 saturated carbocycles. The number of allylic oxidation sites excluding steroid dienone is 1. The molecule has 1 aromatic carbocycles. The van der Waals surface area contributed by atoms with Crippen molar-refractivity contribution in [1.29, 1.82) is 0 Å². The number of hydrogen-bond acceptors (Lipinski definition) is 3. The Labute approximate surface area is 144 Å². The first-order chi connectivity index (χ1) is 10.6. The molecule has 4 rings (SSSR count). The highest BCUT2D eigenvalue weighted by molar-refractivity contribution is 9.11. The Bertz CT molecular complexity index is 989. The Morgan fingerprint density at radius 3 is 3.00 bits per heavy atom. The molecule has 0 fully saturated rings. The highest BCUT2D eigenvalue weighted by Crippen LogP contribution is 2.30. The van der Waals surface area contributed by atoms with Crippen LogP contribution in [-0.2, 0) is 6.54 Å². The molecular formula is C16H10BrClN2OS. The van der Waals surface area contributed by atoms with Gasteiger partial charge in [0, 0.05) is 11.6 Å². The second-order valence-corrected chi connectivity index (χ2v) is 7.88. The number of benzene rings is 1. The lowest BCUT2D eigenvalue weighted by Gasteiger charge is -2.05. The molecule has 2 aromatic heterocycles. The van der Waals surface area contributed by atoms with Gasteiger partial charge in [-0.3, -0.25) is 9.36 Å². The van der Waals surface area contributed by atoms with Gasteiger partial charge in [0.25, 0.3) is 5.56 Å². The van der Waals surface area contributed by atoms with Gasteiger partial charge in [0.05, 0.1) is 14.7 Å². The van der Waals surface area contributed by atoms with Gasteiger partial charge in [-0.1, -0.05) is 11.6 Å². The molecule has 3 aromatic rings. The van der Waals surface area contributed by atoms with E-state index in [4.69, 9.17) is 11.6 Å². The third-order valence-electron chi connectivity index (χ3n) is 3.74. The van der Waals surface area contributed by atoms with Gasteiger partial charge in [-0.05, 0) is 69.2 Å². The van der Waals surface area contributed by atoms with Crippen molar-refractivity contribution < 1.29 is 0 Å². The quantitative estimate of drug-likeness (QED) is 0.594. The smallest absolute Gasteiger partial charge is 0.261 e. The van der Waals surface area contributed by atoms with Crippen LogP contribution in [0.5, 0.6) is 0 Å². The van der Waals surface area contributed by atoms with Crippen LogP contribution in [0.3, 0.4) is 0 Å². The molecule has 0 bridgehead atoms. The zero-order valence-electron chi connectivity index (χ0n) is 11.3. The van der Waals surface area contributed by atoms with Crippen LogP contribution in [-0.4, -0.2) is 9.55 Å². The number of rotatable bonds is 1. The summed E-state index contributed by atoms with van der Waals surface area (Å²) in [4.78, 5) is 17.2. The van der Waals surface area contributed by atoms with Gasteiger partial charge in [-0.25, -0.2) is 4.98 Å². The molecule has 3 heterocycles. The van der Waals surface area contributed by atoms with Crippen LogP contribution < -0.4 is 5.56 Å². The van der Waals surface area contributed by atoms with Gasteiger partial charge in [-0.15, -0.1) is 11.3 Å². The molecule has 0 unspecified atom stereocenters. The maximum Gasteiger partial charge on any atom is 0.261 e. The fraction of sp³-hybridized carbons (Fsp3) is 0.125. The molecule has 1 aliphatic heterocycles. The minimum absolute atomic E-state index is 0.00608. The summed E-state index contributed by atoms with van der Waals surface area (Å²) in [6.45, 7) is 0.677. The Hall–Kier alpha value is -1.43. The van der Waals surface area contributed by atoms with Crippen molar-refractivity contribution >= 4 is 61.4 Å². The topological polar surface area (TPSA) is 34.9 Å². The molecule has 22 heavy (non-hydrogen) atoms. The summed E-state index contributed by atoms with van der Waals surface area (Å²) in [6.07, 6.45) is 2.92. The number of aromatic nitrogens is 2. The Balaban J connectivity index is 1.93. The molecular weight excluding hydrogens is 384 g/mol. The number of nitrogens with zero attached hydrogens (tertiary/aromatic N) is 2. The highest BCUT2D eigenvalue weighted by Gasteiger charge is 2.21. The molecule has 0 spiro atoms. The minimum Gasteiger partial charge on any atom is -0.292 e. The fourth-order valence-corrected chi connectivity index (χ4v) is 4.03. The van der Waals surface area contributed by atoms with Crippen molar-refractivity contribution in [3.8, 4) is 0 Å². The van der Waals surface area contributed by atoms with E-state index in [1.165, 1.54) is 0 Å². The first-order valence-corrected chi connectivity index (χ1v) is 8.82. The molecule has 6 heteroatoms. The van der Waals surface area contributed by atoms with Crippen molar-refractivity contribution in [3.05, 3.63) is 60.2 Å². The number of halogens is 2. The minimum atomic E-state index is 0.00608. The molecule has 0 radical (unpaired) electrons. The summed E-state index contributed by atoms with van der Waals surface area (Å²) in [7, 11) is 0. The predicted molar refractivity (Wildman–Crippen MR) is 95.5 cm³/mol. The maximum absolute atomic E-state index is 12.6. The van der Waals surface area contributed by atoms with Gasteiger partial charge in [-0.2, -0.15) is 0 Å².